The molecule has 1 unspecified atom stereocenters. The van der Waals surface area contributed by atoms with Crippen LogP contribution in [0.1, 0.15) is 55.3 Å². The number of thiophene rings is 1. The molecule has 10 heteroatoms. The van der Waals surface area contributed by atoms with Crippen molar-refractivity contribution in [3.8, 4) is 0 Å². The summed E-state index contributed by atoms with van der Waals surface area (Å²) in [5.41, 5.74) is 5.31. The van der Waals surface area contributed by atoms with Crippen LogP contribution in [0.15, 0.2) is 24.3 Å². The predicted octanol–water partition coefficient (Wildman–Crippen LogP) is 3.00. The minimum Gasteiger partial charge on any atom is -0.351 e. The molecule has 4 heterocycles. The summed E-state index contributed by atoms with van der Waals surface area (Å²) in [5.74, 6) is -0.0410. The lowest BCUT2D eigenvalue weighted by atomic mass is 9.77. The predicted molar refractivity (Wildman–Crippen MR) is 137 cm³/mol. The first-order valence-corrected chi connectivity index (χ1v) is 13.7. The number of benzene rings is 1. The molecule has 1 aromatic heterocycles. The van der Waals surface area contributed by atoms with Crippen LogP contribution in [0.5, 0.6) is 0 Å². The van der Waals surface area contributed by atoms with E-state index in [2.05, 4.69) is 10.2 Å². The van der Waals surface area contributed by atoms with Gasteiger partial charge < -0.3 is 10.6 Å². The molecule has 6 rings (SSSR count). The van der Waals surface area contributed by atoms with Gasteiger partial charge in [-0.15, -0.1) is 11.3 Å². The van der Waals surface area contributed by atoms with E-state index in [1.54, 1.807) is 4.90 Å². The number of primary amides is 1. The van der Waals surface area contributed by atoms with Gasteiger partial charge in [0.2, 0.25) is 11.8 Å². The maximum absolute atomic E-state index is 13.6. The van der Waals surface area contributed by atoms with Gasteiger partial charge in [0.15, 0.2) is 0 Å². The fraction of sp³-hybridized carbons (Fsp3) is 0.538. The molecule has 1 saturated carbocycles. The van der Waals surface area contributed by atoms with Crippen molar-refractivity contribution >= 4 is 50.2 Å². The monoisotopic (exact) mass is 509 g/mol. The number of hydrogen-bond acceptors (Lipinski definition) is 6. The first-order valence-electron chi connectivity index (χ1n) is 12.8. The lowest BCUT2D eigenvalue weighted by molar-refractivity contribution is -0.143. The van der Waals surface area contributed by atoms with Crippen LogP contribution in [0.25, 0.3) is 10.1 Å². The number of anilines is 1. The third-order valence-corrected chi connectivity index (χ3v) is 9.35. The zero-order chi connectivity index (χ0) is 25.0. The molecule has 9 nitrogen and oxygen atoms in total. The Morgan fingerprint density at radius 3 is 2.50 bits per heavy atom. The fourth-order valence-electron chi connectivity index (χ4n) is 6.37. The summed E-state index contributed by atoms with van der Waals surface area (Å²) >= 11 is 1.35. The van der Waals surface area contributed by atoms with E-state index < -0.39 is 11.4 Å². The van der Waals surface area contributed by atoms with Gasteiger partial charge in [0.1, 0.15) is 5.00 Å². The van der Waals surface area contributed by atoms with Gasteiger partial charge in [0, 0.05) is 48.2 Å². The molecule has 4 fully saturated rings. The summed E-state index contributed by atoms with van der Waals surface area (Å²) in [6.45, 7) is 2.77. The first-order chi connectivity index (χ1) is 17.4. The Morgan fingerprint density at radius 2 is 1.78 bits per heavy atom. The lowest BCUT2D eigenvalue weighted by Crippen LogP contribution is -2.54. The molecule has 4 aliphatic rings. The number of carbonyl (C=O) groups is 4. The van der Waals surface area contributed by atoms with Gasteiger partial charge in [0.25, 0.3) is 5.91 Å². The number of rotatable bonds is 4. The molecule has 190 valence electrons. The van der Waals surface area contributed by atoms with Crippen molar-refractivity contribution in [3.63, 3.8) is 0 Å². The number of urea groups is 1. The first kappa shape index (κ1) is 23.4. The minimum absolute atomic E-state index is 0.00753. The molecule has 36 heavy (non-hydrogen) atoms. The number of nitrogens with one attached hydrogen (secondary N) is 1. The number of piperidine rings is 2. The van der Waals surface area contributed by atoms with Crippen molar-refractivity contribution in [1.82, 2.24) is 14.7 Å². The number of nitrogens with two attached hydrogens (primary N) is 1. The zero-order valence-electron chi connectivity index (χ0n) is 20.2. The highest BCUT2D eigenvalue weighted by molar-refractivity contribution is 7.23. The number of imide groups is 1. The molecule has 1 spiro atoms. The van der Waals surface area contributed by atoms with Gasteiger partial charge in [-0.05, 0) is 51.1 Å². The molecule has 2 aromatic rings. The van der Waals surface area contributed by atoms with Crippen molar-refractivity contribution in [2.45, 2.75) is 57.0 Å². The lowest BCUT2D eigenvalue weighted by Gasteiger charge is -2.45. The van der Waals surface area contributed by atoms with E-state index in [1.807, 2.05) is 29.2 Å². The standard InChI is InChI=1S/C26H31N5O4S/c27-25(35)28-22-21(18-4-1-2-5-19(18)36-22)23(33)29-12-8-16(9-13-29)30-11-3-10-26(15-30)14-20(32)31(24(26)34)17-6-7-17/h1-2,4-5,16-17H,3,6-15H2,(H3,27,28,35). The van der Waals surface area contributed by atoms with Gasteiger partial charge in [-0.2, -0.15) is 0 Å². The van der Waals surface area contributed by atoms with E-state index >= 15 is 0 Å². The number of fused-ring (bicyclic) bond motifs is 1. The highest BCUT2D eigenvalue weighted by Gasteiger charge is 2.56. The van der Waals surface area contributed by atoms with E-state index in [0.29, 0.717) is 36.6 Å². The second-order valence-corrected chi connectivity index (χ2v) is 11.7. The van der Waals surface area contributed by atoms with E-state index in [-0.39, 0.29) is 29.8 Å². The second kappa shape index (κ2) is 8.85. The Morgan fingerprint density at radius 1 is 1.03 bits per heavy atom. The average molecular weight is 510 g/mol. The fourth-order valence-corrected chi connectivity index (χ4v) is 7.47. The quantitative estimate of drug-likeness (QED) is 0.615. The van der Waals surface area contributed by atoms with Crippen molar-refractivity contribution in [2.75, 3.05) is 31.5 Å². The Kier molecular flexibility index (Phi) is 5.75. The largest absolute Gasteiger partial charge is 0.351 e. The van der Waals surface area contributed by atoms with Gasteiger partial charge in [0.05, 0.1) is 11.0 Å². The molecule has 5 amide bonds. The molecular weight excluding hydrogens is 478 g/mol. The van der Waals surface area contributed by atoms with Gasteiger partial charge in [-0.25, -0.2) is 4.79 Å². The van der Waals surface area contributed by atoms with Crippen LogP contribution < -0.4 is 11.1 Å². The average Bonchev–Trinajstić information content (AvgIpc) is 3.58. The molecule has 3 saturated heterocycles. The minimum atomic E-state index is -0.687. The SMILES string of the molecule is NC(=O)Nc1sc2ccccc2c1C(=O)N1CCC(N2CCCC3(CC(=O)N(C4CC4)C3=O)C2)CC1. The van der Waals surface area contributed by atoms with E-state index in [9.17, 15) is 19.2 Å². The Hall–Kier alpha value is -2.98. The normalized spacial score (nSPS) is 25.8. The Bertz CT molecular complexity index is 1250. The van der Waals surface area contributed by atoms with Crippen LogP contribution in [-0.2, 0) is 9.59 Å². The van der Waals surface area contributed by atoms with Crippen molar-refractivity contribution in [1.29, 1.82) is 0 Å². The van der Waals surface area contributed by atoms with Crippen molar-refractivity contribution in [3.05, 3.63) is 29.8 Å². The van der Waals surface area contributed by atoms with Gasteiger partial charge in [-0.3, -0.25) is 29.5 Å². The summed E-state index contributed by atoms with van der Waals surface area (Å²) in [6.07, 6.45) is 5.57. The highest BCUT2D eigenvalue weighted by Crippen LogP contribution is 2.45. The molecule has 3 aliphatic heterocycles. The number of hydrogen-bond donors (Lipinski definition) is 2. The molecule has 1 aromatic carbocycles. The van der Waals surface area contributed by atoms with Crippen LogP contribution in [0.2, 0.25) is 0 Å². The van der Waals surface area contributed by atoms with Crippen LogP contribution in [0.4, 0.5) is 9.80 Å². The smallest absolute Gasteiger partial charge is 0.317 e. The molecule has 1 atom stereocenters. The molecular formula is C26H31N5O4S. The molecule has 0 radical (unpaired) electrons. The number of likely N-dealkylation sites (tertiary alicyclic amines) is 3. The van der Waals surface area contributed by atoms with Crippen LogP contribution in [0.3, 0.4) is 0 Å². The summed E-state index contributed by atoms with van der Waals surface area (Å²) < 4.78 is 0.925. The van der Waals surface area contributed by atoms with Gasteiger partial charge in [-0.1, -0.05) is 18.2 Å². The molecule has 3 N–H and O–H groups in total. The Labute approximate surface area is 213 Å². The summed E-state index contributed by atoms with van der Waals surface area (Å²) in [6, 6.07) is 7.36. The van der Waals surface area contributed by atoms with Crippen molar-refractivity contribution in [2.24, 2.45) is 11.1 Å². The molecule has 0 bridgehead atoms. The summed E-state index contributed by atoms with van der Waals surface area (Å²) in [4.78, 5) is 56.9. The van der Waals surface area contributed by atoms with E-state index in [0.717, 1.165) is 55.2 Å². The zero-order valence-corrected chi connectivity index (χ0v) is 21.0. The topological polar surface area (TPSA) is 116 Å². The highest BCUT2D eigenvalue weighted by atomic mass is 32.1. The maximum atomic E-state index is 13.6. The third kappa shape index (κ3) is 3.96. The van der Waals surface area contributed by atoms with Crippen LogP contribution in [-0.4, -0.2) is 76.7 Å². The van der Waals surface area contributed by atoms with Gasteiger partial charge >= 0.3 is 6.03 Å². The molecule has 1 aliphatic carbocycles. The second-order valence-electron chi connectivity index (χ2n) is 10.6. The van der Waals surface area contributed by atoms with Crippen LogP contribution in [0, 0.1) is 5.41 Å². The number of nitrogens with zero attached hydrogens (tertiary/aromatic N) is 3. The summed E-state index contributed by atoms with van der Waals surface area (Å²) in [7, 11) is 0. The summed E-state index contributed by atoms with van der Waals surface area (Å²) in [5, 5.41) is 3.94. The number of amides is 5. The van der Waals surface area contributed by atoms with E-state index in [1.165, 1.54) is 11.3 Å². The number of carbonyl (C=O) groups excluding carboxylic acids is 4. The maximum Gasteiger partial charge on any atom is 0.317 e. The Balaban J connectivity index is 1.14. The van der Waals surface area contributed by atoms with Crippen LogP contribution >= 0.6 is 11.3 Å². The third-order valence-electron chi connectivity index (χ3n) is 8.26. The van der Waals surface area contributed by atoms with E-state index in [4.69, 9.17) is 5.73 Å². The van der Waals surface area contributed by atoms with Crippen molar-refractivity contribution < 1.29 is 19.2 Å².